The lowest BCUT2D eigenvalue weighted by Crippen LogP contribution is -1.99. The smallest absolute Gasteiger partial charge is 0.116 e. The van der Waals surface area contributed by atoms with Gasteiger partial charge in [0.05, 0.1) is 40.2 Å². The molecule has 8 heteroatoms. The van der Waals surface area contributed by atoms with Gasteiger partial charge in [-0.1, -0.05) is 54.6 Å². The average Bonchev–Trinajstić information content (AvgIpc) is 3.03. The molecule has 0 saturated heterocycles. The van der Waals surface area contributed by atoms with E-state index in [2.05, 4.69) is 36.4 Å². The summed E-state index contributed by atoms with van der Waals surface area (Å²) >= 11 is 0. The molecule has 186 valence electrons. The first-order chi connectivity index (χ1) is 19.8. The van der Waals surface area contributed by atoms with E-state index >= 15 is 0 Å². The van der Waals surface area contributed by atoms with E-state index in [-0.39, 0.29) is 0 Å². The van der Waals surface area contributed by atoms with Crippen molar-refractivity contribution in [1.29, 1.82) is 0 Å². The van der Waals surface area contributed by atoms with E-state index in [1.807, 2.05) is 84.9 Å². The molecule has 4 heterocycles. The number of fused-ring (bicyclic) bond motifs is 4. The Morgan fingerprint density at radius 1 is 0.475 bits per heavy atom. The number of benzene rings is 4. The minimum Gasteiger partial charge on any atom is -0.252 e. The second-order valence-electron chi connectivity index (χ2n) is 9.41. The van der Waals surface area contributed by atoms with Crippen molar-refractivity contribution in [2.75, 3.05) is 0 Å². The van der Waals surface area contributed by atoms with Gasteiger partial charge in [-0.15, -0.1) is 15.3 Å². The molecule has 40 heavy (non-hydrogen) atoms. The van der Waals surface area contributed by atoms with Gasteiger partial charge in [0.15, 0.2) is 0 Å². The maximum Gasteiger partial charge on any atom is 0.116 e. The molecule has 0 saturated carbocycles. The van der Waals surface area contributed by atoms with Gasteiger partial charge in [-0.3, -0.25) is 4.98 Å². The predicted octanol–water partition coefficient (Wildman–Crippen LogP) is 6.46. The van der Waals surface area contributed by atoms with Crippen LogP contribution in [0.4, 0.5) is 0 Å². The van der Waals surface area contributed by atoms with E-state index in [0.717, 1.165) is 66.1 Å². The molecule has 0 atom stereocenters. The molecule has 0 fully saturated rings. The topological polar surface area (TPSA) is 103 Å². The van der Waals surface area contributed by atoms with Gasteiger partial charge in [-0.25, -0.2) is 15.0 Å². The maximum atomic E-state index is 4.81. The van der Waals surface area contributed by atoms with Crippen molar-refractivity contribution >= 4 is 43.6 Å². The first-order valence-corrected chi connectivity index (χ1v) is 12.8. The second kappa shape index (κ2) is 8.92. The van der Waals surface area contributed by atoms with Gasteiger partial charge in [0.25, 0.3) is 0 Å². The van der Waals surface area contributed by atoms with E-state index in [1.165, 1.54) is 0 Å². The summed E-state index contributed by atoms with van der Waals surface area (Å²) in [5.74, 6) is 0. The zero-order valence-corrected chi connectivity index (χ0v) is 21.0. The Labute approximate surface area is 227 Å². The van der Waals surface area contributed by atoms with Crippen LogP contribution in [0.15, 0.2) is 110 Å². The molecule has 0 aliphatic heterocycles. The molecule has 0 aliphatic rings. The SMILES string of the molecule is c1ccc2c(-c3c(-c4ncnc5ccccc45)ccc4nnc(-c5cnc6ccccc6n5)cc34)nncc2c1. The molecule has 0 spiro atoms. The Balaban J connectivity index is 1.47. The molecule has 8 aromatic rings. The Morgan fingerprint density at radius 3 is 2.20 bits per heavy atom. The van der Waals surface area contributed by atoms with Gasteiger partial charge in [0.2, 0.25) is 0 Å². The molecule has 0 unspecified atom stereocenters. The maximum absolute atomic E-state index is 4.81. The molecule has 4 aromatic carbocycles. The van der Waals surface area contributed by atoms with Crippen LogP contribution >= 0.6 is 0 Å². The van der Waals surface area contributed by atoms with Crippen LogP contribution in [0.3, 0.4) is 0 Å². The zero-order chi connectivity index (χ0) is 26.5. The van der Waals surface area contributed by atoms with Crippen LogP contribution in [0.1, 0.15) is 0 Å². The summed E-state index contributed by atoms with van der Waals surface area (Å²) in [5.41, 5.74) is 7.78. The predicted molar refractivity (Wildman–Crippen MR) is 155 cm³/mol. The Bertz CT molecular complexity index is 2240. The highest BCUT2D eigenvalue weighted by atomic mass is 15.1. The monoisotopic (exact) mass is 514 g/mol. The van der Waals surface area contributed by atoms with Crippen molar-refractivity contribution in [3.05, 3.63) is 110 Å². The van der Waals surface area contributed by atoms with E-state index in [1.54, 1.807) is 18.7 Å². The van der Waals surface area contributed by atoms with Gasteiger partial charge in [-0.05, 0) is 36.4 Å². The van der Waals surface area contributed by atoms with E-state index < -0.39 is 0 Å². The average molecular weight is 515 g/mol. The highest BCUT2D eigenvalue weighted by Crippen LogP contribution is 2.41. The first kappa shape index (κ1) is 22.2. The number of aromatic nitrogens is 8. The second-order valence-corrected chi connectivity index (χ2v) is 9.41. The van der Waals surface area contributed by atoms with Crippen LogP contribution in [0, 0.1) is 0 Å². The van der Waals surface area contributed by atoms with Crippen molar-refractivity contribution in [3.63, 3.8) is 0 Å². The van der Waals surface area contributed by atoms with Crippen LogP contribution in [-0.2, 0) is 0 Å². The standard InChI is InChI=1S/C32H18N8/c1-2-8-20-19(7-1)16-36-40-32(20)30-22(31-21-9-3-4-10-24(21)34-18-35-31)13-14-25-23(30)15-28(39-38-25)29-17-33-26-11-5-6-12-27(26)37-29/h1-18H. The molecule has 4 aromatic heterocycles. The molecule has 8 rings (SSSR count). The van der Waals surface area contributed by atoms with Crippen LogP contribution in [0.25, 0.3) is 77.5 Å². The summed E-state index contributed by atoms with van der Waals surface area (Å²) in [6.45, 7) is 0. The fraction of sp³-hybridized carbons (Fsp3) is 0. The summed E-state index contributed by atoms with van der Waals surface area (Å²) < 4.78 is 0. The van der Waals surface area contributed by atoms with Crippen molar-refractivity contribution < 1.29 is 0 Å². The summed E-state index contributed by atoms with van der Waals surface area (Å²) in [5, 5.41) is 21.9. The third kappa shape index (κ3) is 3.54. The van der Waals surface area contributed by atoms with Crippen molar-refractivity contribution in [3.8, 4) is 33.9 Å². The number of rotatable bonds is 3. The molecule has 0 bridgehead atoms. The van der Waals surface area contributed by atoms with Crippen molar-refractivity contribution in [1.82, 2.24) is 40.3 Å². The van der Waals surface area contributed by atoms with Gasteiger partial charge < -0.3 is 0 Å². The van der Waals surface area contributed by atoms with Crippen LogP contribution in [-0.4, -0.2) is 40.3 Å². The normalized spacial score (nSPS) is 11.5. The minimum atomic E-state index is 0.616. The highest BCUT2D eigenvalue weighted by molar-refractivity contribution is 6.10. The fourth-order valence-corrected chi connectivity index (χ4v) is 5.21. The highest BCUT2D eigenvalue weighted by Gasteiger charge is 2.20. The summed E-state index contributed by atoms with van der Waals surface area (Å²) in [6.07, 6.45) is 5.11. The molecule has 0 N–H and O–H groups in total. The lowest BCUT2D eigenvalue weighted by molar-refractivity contribution is 1.05. The molecular weight excluding hydrogens is 496 g/mol. The molecule has 0 aliphatic carbocycles. The fourth-order valence-electron chi connectivity index (χ4n) is 5.21. The Hall–Kier alpha value is -5.76. The third-order valence-corrected chi connectivity index (χ3v) is 7.09. The molecule has 0 amide bonds. The van der Waals surface area contributed by atoms with Crippen molar-refractivity contribution in [2.24, 2.45) is 0 Å². The quantitative estimate of drug-likeness (QED) is 0.265. The zero-order valence-electron chi connectivity index (χ0n) is 21.0. The van der Waals surface area contributed by atoms with Crippen molar-refractivity contribution in [2.45, 2.75) is 0 Å². The number of hydrogen-bond acceptors (Lipinski definition) is 8. The van der Waals surface area contributed by atoms with Gasteiger partial charge in [0.1, 0.15) is 23.4 Å². The summed E-state index contributed by atoms with van der Waals surface area (Å²) in [7, 11) is 0. The first-order valence-electron chi connectivity index (χ1n) is 12.8. The van der Waals surface area contributed by atoms with E-state index in [9.17, 15) is 0 Å². The molecule has 0 radical (unpaired) electrons. The number of para-hydroxylation sites is 3. The Kier molecular flexibility index (Phi) is 4.96. The molecular formula is C32H18N8. The van der Waals surface area contributed by atoms with Crippen LogP contribution < -0.4 is 0 Å². The largest absolute Gasteiger partial charge is 0.252 e. The van der Waals surface area contributed by atoms with Gasteiger partial charge in [0, 0.05) is 32.7 Å². The lowest BCUT2D eigenvalue weighted by atomic mass is 9.92. The van der Waals surface area contributed by atoms with Gasteiger partial charge in [-0.2, -0.15) is 5.10 Å². The number of nitrogens with zero attached hydrogens (tertiary/aromatic N) is 8. The van der Waals surface area contributed by atoms with E-state index in [0.29, 0.717) is 11.4 Å². The van der Waals surface area contributed by atoms with Crippen LogP contribution in [0.5, 0.6) is 0 Å². The van der Waals surface area contributed by atoms with E-state index in [4.69, 9.17) is 9.97 Å². The summed E-state index contributed by atoms with van der Waals surface area (Å²) in [4.78, 5) is 18.6. The van der Waals surface area contributed by atoms with Gasteiger partial charge >= 0.3 is 0 Å². The number of hydrogen-bond donors (Lipinski definition) is 0. The minimum absolute atomic E-state index is 0.616. The summed E-state index contributed by atoms with van der Waals surface area (Å²) in [6, 6.07) is 29.9. The third-order valence-electron chi connectivity index (χ3n) is 7.09. The lowest BCUT2D eigenvalue weighted by Gasteiger charge is -2.15. The molecule has 8 nitrogen and oxygen atoms in total. The Morgan fingerprint density at radius 2 is 1.27 bits per heavy atom. The van der Waals surface area contributed by atoms with Crippen LogP contribution in [0.2, 0.25) is 0 Å².